The number of hydrogen-bond donors (Lipinski definition) is 0. The highest BCUT2D eigenvalue weighted by atomic mass is 35.5. The zero-order valence-corrected chi connectivity index (χ0v) is 17.0. The molecule has 1 aromatic heterocycles. The van der Waals surface area contributed by atoms with Gasteiger partial charge in [-0.05, 0) is 48.1 Å². The van der Waals surface area contributed by atoms with Crippen molar-refractivity contribution in [2.75, 3.05) is 4.90 Å². The molecule has 0 saturated carbocycles. The molecule has 0 bridgehead atoms. The van der Waals surface area contributed by atoms with Gasteiger partial charge in [-0.1, -0.05) is 56.6 Å². The number of carbonyl (C=O) groups excluding carboxylic acids is 1. The van der Waals surface area contributed by atoms with Gasteiger partial charge in [0.25, 0.3) is 5.91 Å². The number of benzene rings is 2. The third-order valence-corrected chi connectivity index (χ3v) is 5.93. The van der Waals surface area contributed by atoms with E-state index >= 15 is 0 Å². The third-order valence-electron chi connectivity index (χ3n) is 5.70. The van der Waals surface area contributed by atoms with Crippen LogP contribution in [0.5, 0.6) is 0 Å². The van der Waals surface area contributed by atoms with Crippen LogP contribution in [0.1, 0.15) is 48.0 Å². The predicted octanol–water partition coefficient (Wildman–Crippen LogP) is 6.03. The standard InChI is InChI=1S/C24H21ClN2O/c1-4-14-7-5-6-8-19(14)27-20-13-24(2,3)12-18-22(20)21(23(27)28)16-11-15(25)9-10-17(16)26-18/h5-11,13H,4,12H2,1-3H3. The van der Waals surface area contributed by atoms with Crippen molar-refractivity contribution in [2.24, 2.45) is 5.41 Å². The number of aryl methyl sites for hydroxylation is 1. The van der Waals surface area contributed by atoms with Crippen molar-refractivity contribution in [2.45, 2.75) is 33.6 Å². The van der Waals surface area contributed by atoms with Crippen LogP contribution >= 0.6 is 11.6 Å². The Hall–Kier alpha value is -2.65. The average molecular weight is 389 g/mol. The van der Waals surface area contributed by atoms with Gasteiger partial charge in [-0.3, -0.25) is 14.7 Å². The predicted molar refractivity (Wildman–Crippen MR) is 115 cm³/mol. The molecule has 2 aliphatic rings. The summed E-state index contributed by atoms with van der Waals surface area (Å²) in [6.45, 7) is 6.51. The fourth-order valence-corrected chi connectivity index (χ4v) is 4.67. The molecule has 0 saturated heterocycles. The molecule has 2 heterocycles. The fraction of sp³-hybridized carbons (Fsp3) is 0.250. The SMILES string of the molecule is CCc1ccccc1N1C(=O)c2c3c(nc4ccc(Cl)cc24)CC(C)(C)C=C31. The molecule has 140 valence electrons. The smallest absolute Gasteiger partial charge is 0.264 e. The first-order chi connectivity index (χ1) is 13.4. The molecule has 3 nitrogen and oxygen atoms in total. The van der Waals surface area contributed by atoms with E-state index in [-0.39, 0.29) is 11.3 Å². The van der Waals surface area contributed by atoms with Crippen LogP contribution < -0.4 is 4.90 Å². The minimum absolute atomic E-state index is 0.00997. The molecule has 0 atom stereocenters. The van der Waals surface area contributed by atoms with Gasteiger partial charge < -0.3 is 0 Å². The number of hydrogen-bond acceptors (Lipinski definition) is 2. The zero-order valence-electron chi connectivity index (χ0n) is 16.2. The van der Waals surface area contributed by atoms with Gasteiger partial charge in [-0.25, -0.2) is 0 Å². The van der Waals surface area contributed by atoms with E-state index in [0.717, 1.165) is 57.5 Å². The van der Waals surface area contributed by atoms with Gasteiger partial charge >= 0.3 is 0 Å². The molecule has 5 rings (SSSR count). The molecule has 0 spiro atoms. The van der Waals surface area contributed by atoms with Gasteiger partial charge in [0, 0.05) is 16.0 Å². The van der Waals surface area contributed by atoms with Crippen molar-refractivity contribution in [3.8, 4) is 0 Å². The van der Waals surface area contributed by atoms with Crippen LogP contribution in [-0.4, -0.2) is 10.9 Å². The Bertz CT molecular complexity index is 1190. The van der Waals surface area contributed by atoms with E-state index < -0.39 is 0 Å². The van der Waals surface area contributed by atoms with Crippen LogP contribution in [0.25, 0.3) is 16.6 Å². The van der Waals surface area contributed by atoms with Gasteiger partial charge in [0.1, 0.15) is 0 Å². The molecule has 1 amide bonds. The highest BCUT2D eigenvalue weighted by molar-refractivity contribution is 6.33. The maximum absolute atomic E-state index is 13.8. The van der Waals surface area contributed by atoms with Crippen molar-refractivity contribution in [3.05, 3.63) is 75.9 Å². The summed E-state index contributed by atoms with van der Waals surface area (Å²) in [5.41, 5.74) is 6.53. The van der Waals surface area contributed by atoms with Gasteiger partial charge in [-0.2, -0.15) is 0 Å². The van der Waals surface area contributed by atoms with E-state index in [0.29, 0.717) is 5.02 Å². The second-order valence-corrected chi connectivity index (χ2v) is 8.72. The Balaban J connectivity index is 1.86. The first-order valence-corrected chi connectivity index (χ1v) is 10.0. The van der Waals surface area contributed by atoms with E-state index in [1.807, 2.05) is 41.3 Å². The summed E-state index contributed by atoms with van der Waals surface area (Å²) in [6.07, 6.45) is 3.91. The van der Waals surface area contributed by atoms with Crippen LogP contribution in [0.2, 0.25) is 5.02 Å². The molecule has 28 heavy (non-hydrogen) atoms. The van der Waals surface area contributed by atoms with Gasteiger partial charge in [0.2, 0.25) is 0 Å². The molecule has 3 aromatic rings. The van der Waals surface area contributed by atoms with Crippen molar-refractivity contribution >= 4 is 39.8 Å². The molecule has 1 aliphatic carbocycles. The second kappa shape index (κ2) is 5.92. The number of allylic oxidation sites excluding steroid dienone is 1. The quantitative estimate of drug-likeness (QED) is 0.536. The summed E-state index contributed by atoms with van der Waals surface area (Å²) in [6, 6.07) is 13.8. The Morgan fingerprint density at radius 2 is 1.93 bits per heavy atom. The average Bonchev–Trinajstić information content (AvgIpc) is 2.94. The zero-order chi connectivity index (χ0) is 19.6. The van der Waals surface area contributed by atoms with Crippen LogP contribution in [-0.2, 0) is 12.8 Å². The lowest BCUT2D eigenvalue weighted by Crippen LogP contribution is -2.26. The first-order valence-electron chi connectivity index (χ1n) is 9.67. The minimum atomic E-state index is -0.0727. The summed E-state index contributed by atoms with van der Waals surface area (Å²) in [5, 5.41) is 1.45. The Kier molecular flexibility index (Phi) is 3.69. The van der Waals surface area contributed by atoms with E-state index in [1.165, 1.54) is 0 Å². The molecule has 4 heteroatoms. The highest BCUT2D eigenvalue weighted by Gasteiger charge is 2.42. The molecular weight excluding hydrogens is 368 g/mol. The lowest BCUT2D eigenvalue weighted by atomic mass is 9.79. The summed E-state index contributed by atoms with van der Waals surface area (Å²) < 4.78 is 0. The van der Waals surface area contributed by atoms with Crippen LogP contribution in [0.15, 0.2) is 48.5 Å². The molecule has 0 N–H and O–H groups in total. The van der Waals surface area contributed by atoms with E-state index in [1.54, 1.807) is 0 Å². The molecular formula is C24H21ClN2O. The summed E-state index contributed by atoms with van der Waals surface area (Å²) in [7, 11) is 0. The van der Waals surface area contributed by atoms with Gasteiger partial charge in [0.15, 0.2) is 0 Å². The van der Waals surface area contributed by atoms with Gasteiger partial charge in [0.05, 0.1) is 28.2 Å². The summed E-state index contributed by atoms with van der Waals surface area (Å²) >= 11 is 6.27. The number of nitrogens with zero attached hydrogens (tertiary/aromatic N) is 2. The van der Waals surface area contributed by atoms with Crippen molar-refractivity contribution in [3.63, 3.8) is 0 Å². The third kappa shape index (κ3) is 2.43. The topological polar surface area (TPSA) is 33.2 Å². The maximum Gasteiger partial charge on any atom is 0.264 e. The lowest BCUT2D eigenvalue weighted by Gasteiger charge is -2.30. The van der Waals surface area contributed by atoms with Crippen molar-refractivity contribution < 1.29 is 4.79 Å². The monoisotopic (exact) mass is 388 g/mol. The minimum Gasteiger partial charge on any atom is -0.276 e. The van der Waals surface area contributed by atoms with E-state index in [2.05, 4.69) is 32.9 Å². The maximum atomic E-state index is 13.8. The number of rotatable bonds is 2. The number of halogens is 1. The first kappa shape index (κ1) is 17.4. The number of amides is 1. The number of pyridine rings is 1. The fourth-order valence-electron chi connectivity index (χ4n) is 4.50. The second-order valence-electron chi connectivity index (χ2n) is 8.29. The summed E-state index contributed by atoms with van der Waals surface area (Å²) in [4.78, 5) is 20.6. The molecule has 0 radical (unpaired) electrons. The molecule has 0 fully saturated rings. The van der Waals surface area contributed by atoms with Crippen LogP contribution in [0, 0.1) is 5.41 Å². The Morgan fingerprint density at radius 3 is 2.71 bits per heavy atom. The Morgan fingerprint density at radius 1 is 1.14 bits per heavy atom. The molecule has 1 aliphatic heterocycles. The largest absolute Gasteiger partial charge is 0.276 e. The van der Waals surface area contributed by atoms with Crippen molar-refractivity contribution in [1.29, 1.82) is 0 Å². The number of fused-ring (bicyclic) bond motifs is 2. The number of carbonyl (C=O) groups is 1. The number of anilines is 1. The Labute approximate surface area is 169 Å². The van der Waals surface area contributed by atoms with E-state index in [4.69, 9.17) is 16.6 Å². The number of para-hydroxylation sites is 1. The lowest BCUT2D eigenvalue weighted by molar-refractivity contribution is 0.101. The van der Waals surface area contributed by atoms with E-state index in [9.17, 15) is 4.79 Å². The van der Waals surface area contributed by atoms with Crippen molar-refractivity contribution in [1.82, 2.24) is 4.98 Å². The normalized spacial score (nSPS) is 17.1. The van der Waals surface area contributed by atoms with Crippen LogP contribution in [0.3, 0.4) is 0 Å². The highest BCUT2D eigenvalue weighted by Crippen LogP contribution is 2.48. The molecule has 0 unspecified atom stereocenters. The van der Waals surface area contributed by atoms with Crippen LogP contribution in [0.4, 0.5) is 5.69 Å². The summed E-state index contributed by atoms with van der Waals surface area (Å²) in [5.74, 6) is 0.00997. The number of aromatic nitrogens is 1. The molecule has 2 aromatic carbocycles. The van der Waals surface area contributed by atoms with Gasteiger partial charge in [-0.15, -0.1) is 0 Å².